The highest BCUT2D eigenvalue weighted by atomic mass is 16.6. The lowest BCUT2D eigenvalue weighted by Crippen LogP contribution is -2.16. The molecule has 0 N–H and O–H groups in total. The molecule has 2 heterocycles. The molecule has 0 fully saturated rings. The van der Waals surface area contributed by atoms with Gasteiger partial charge in [-0.25, -0.2) is 0 Å². The standard InChI is InChI=1S/C64H64O16/c1-2-6-42-41(5-1)61-45-33-53-55-35-47(45)62(42)48-36-56-54(34-46(48)61)74-26-18-66-10-12-70-22-30-78-58-38-50-52(40-60(58)80-32-24-72-16-14-68-20-28-76-56)64-44-8-4-3-7-43(44)63(50)49-37-57(77-29-21-69-11-9-65-17-25-73-53)59(39-51(49)64)79-31-23-71-15-13-67-19-27-75-55/h1-8,33-40H,9-32H2. The molecule has 4 bridgehead atoms. The minimum absolute atomic E-state index is 0.284. The van der Waals surface area contributed by atoms with Crippen LogP contribution in [0.25, 0.3) is 86.2 Å². The zero-order valence-corrected chi connectivity index (χ0v) is 44.7. The molecule has 0 amide bonds. The first-order valence-electron chi connectivity index (χ1n) is 27.8. The lowest BCUT2D eigenvalue weighted by Gasteiger charge is -2.22. The maximum absolute atomic E-state index is 6.54. The second-order valence-electron chi connectivity index (χ2n) is 19.7. The third-order valence-corrected chi connectivity index (χ3v) is 14.8. The van der Waals surface area contributed by atoms with Crippen LogP contribution in [0.4, 0.5) is 0 Å². The van der Waals surface area contributed by atoms with Gasteiger partial charge in [-0.15, -0.1) is 0 Å². The molecule has 416 valence electrons. The number of rotatable bonds is 0. The molecule has 0 atom stereocenters. The number of ether oxygens (including phenoxy) is 16. The fourth-order valence-corrected chi connectivity index (χ4v) is 11.3. The molecule has 0 unspecified atom stereocenters. The van der Waals surface area contributed by atoms with Gasteiger partial charge in [-0.05, 0) is 135 Å². The molecular weight excluding hydrogens is 1020 g/mol. The Balaban J connectivity index is 0.898. The van der Waals surface area contributed by atoms with Crippen LogP contribution in [0.1, 0.15) is 0 Å². The van der Waals surface area contributed by atoms with Gasteiger partial charge < -0.3 is 75.8 Å². The van der Waals surface area contributed by atoms with Gasteiger partial charge in [0.1, 0.15) is 52.9 Å². The van der Waals surface area contributed by atoms with Crippen LogP contribution in [0, 0.1) is 0 Å². The van der Waals surface area contributed by atoms with Gasteiger partial charge in [-0.3, -0.25) is 0 Å². The van der Waals surface area contributed by atoms with E-state index in [0.29, 0.717) is 152 Å². The largest absolute Gasteiger partial charge is 0.487 e. The van der Waals surface area contributed by atoms with Gasteiger partial charge in [0.2, 0.25) is 0 Å². The van der Waals surface area contributed by atoms with E-state index < -0.39 is 0 Å². The van der Waals surface area contributed by atoms with Crippen molar-refractivity contribution in [3.8, 4) is 46.0 Å². The molecule has 0 spiro atoms. The van der Waals surface area contributed by atoms with E-state index >= 15 is 0 Å². The number of fused-ring (bicyclic) bond motifs is 4. The molecule has 16 heteroatoms. The quantitative estimate of drug-likeness (QED) is 0.133. The SMILES string of the molecule is c1ccc2c(c1)c1c3cc4c5cc3c2c2cc3c(cc21)OCCOCCOCCOc1cc2c(cc1OCCOCCOCCO3)c1c3ccccc3c2c2cc(c(cc21)OCCOCCOCCO5)OCCOCCOCCO4. The van der Waals surface area contributed by atoms with E-state index in [4.69, 9.17) is 75.8 Å². The van der Waals surface area contributed by atoms with Crippen LogP contribution in [0.15, 0.2) is 97.1 Å². The molecular formula is C64H64O16. The van der Waals surface area contributed by atoms with Crippen LogP contribution < -0.4 is 37.9 Å². The van der Waals surface area contributed by atoms with E-state index in [1.807, 2.05) is 0 Å². The summed E-state index contributed by atoms with van der Waals surface area (Å²) in [7, 11) is 0. The van der Waals surface area contributed by atoms with Crippen LogP contribution in [0.2, 0.25) is 0 Å². The van der Waals surface area contributed by atoms with Gasteiger partial charge in [-0.2, -0.15) is 0 Å². The predicted molar refractivity (Wildman–Crippen MR) is 306 cm³/mol. The second kappa shape index (κ2) is 24.7. The molecule has 2 aliphatic rings. The normalized spacial score (nSPS) is 18.2. The average Bonchev–Trinajstić information content (AvgIpc) is 3.39. The molecule has 2 aliphatic heterocycles. The van der Waals surface area contributed by atoms with E-state index in [9.17, 15) is 0 Å². The molecule has 0 radical (unpaired) electrons. The van der Waals surface area contributed by atoms with Crippen molar-refractivity contribution in [1.29, 1.82) is 0 Å². The monoisotopic (exact) mass is 1090 g/mol. The summed E-state index contributed by atoms with van der Waals surface area (Å²) in [5.74, 6) is 4.79. The lowest BCUT2D eigenvalue weighted by atomic mass is 9.85. The van der Waals surface area contributed by atoms with E-state index in [1.165, 1.54) is 0 Å². The van der Waals surface area contributed by atoms with Gasteiger partial charge in [0.15, 0.2) is 46.0 Å². The zero-order valence-electron chi connectivity index (χ0n) is 44.7. The third kappa shape index (κ3) is 10.8. The molecule has 16 nitrogen and oxygen atoms in total. The molecule has 14 rings (SSSR count). The number of benzene rings is 12. The van der Waals surface area contributed by atoms with Crippen molar-refractivity contribution in [3.05, 3.63) is 97.1 Å². The maximum Gasteiger partial charge on any atom is 0.161 e. The Morgan fingerprint density at radius 2 is 0.300 bits per heavy atom. The summed E-state index contributed by atoms with van der Waals surface area (Å²) in [5.41, 5.74) is 0. The molecule has 0 aromatic heterocycles. The molecule has 12 aromatic carbocycles. The van der Waals surface area contributed by atoms with E-state index in [0.717, 1.165) is 86.2 Å². The van der Waals surface area contributed by atoms with Crippen LogP contribution in [0.3, 0.4) is 0 Å². The van der Waals surface area contributed by atoms with Gasteiger partial charge in [-0.1, -0.05) is 48.5 Å². The van der Waals surface area contributed by atoms with Crippen molar-refractivity contribution in [3.63, 3.8) is 0 Å². The van der Waals surface area contributed by atoms with Crippen molar-refractivity contribution in [2.75, 3.05) is 159 Å². The Labute approximate surface area is 461 Å². The summed E-state index contributed by atoms with van der Waals surface area (Å²) in [6.07, 6.45) is 0. The number of hydrogen-bond acceptors (Lipinski definition) is 16. The highest BCUT2D eigenvalue weighted by Crippen LogP contribution is 2.52. The van der Waals surface area contributed by atoms with E-state index in [2.05, 4.69) is 97.1 Å². The first kappa shape index (κ1) is 52.3. The Kier molecular flexibility index (Phi) is 16.1. The number of hydrogen-bond donors (Lipinski definition) is 0. The summed E-state index contributed by atoms with van der Waals surface area (Å²) in [5, 5.41) is 16.9. The van der Waals surface area contributed by atoms with E-state index in [-0.39, 0.29) is 52.9 Å². The Hall–Kier alpha value is -7.12. The van der Waals surface area contributed by atoms with Crippen LogP contribution in [-0.4, -0.2) is 159 Å². The van der Waals surface area contributed by atoms with Crippen molar-refractivity contribution in [1.82, 2.24) is 0 Å². The highest BCUT2D eigenvalue weighted by Gasteiger charge is 2.25. The first-order valence-corrected chi connectivity index (χ1v) is 27.8. The Morgan fingerprint density at radius 3 is 0.450 bits per heavy atom. The first-order chi connectivity index (χ1) is 39.8. The van der Waals surface area contributed by atoms with Crippen LogP contribution in [-0.2, 0) is 37.9 Å². The summed E-state index contributed by atoms with van der Waals surface area (Å²) in [6.45, 7) is 7.90. The maximum atomic E-state index is 6.54. The highest BCUT2D eigenvalue weighted by molar-refractivity contribution is 6.42. The summed E-state index contributed by atoms with van der Waals surface area (Å²) >= 11 is 0. The summed E-state index contributed by atoms with van der Waals surface area (Å²) < 4.78 is 101. The molecule has 80 heavy (non-hydrogen) atoms. The summed E-state index contributed by atoms with van der Waals surface area (Å²) in [6, 6.07) is 33.7. The van der Waals surface area contributed by atoms with Crippen molar-refractivity contribution < 1.29 is 75.8 Å². The van der Waals surface area contributed by atoms with Crippen molar-refractivity contribution in [2.24, 2.45) is 0 Å². The molecule has 0 saturated heterocycles. The van der Waals surface area contributed by atoms with E-state index in [1.54, 1.807) is 0 Å². The minimum Gasteiger partial charge on any atom is -0.487 e. The van der Waals surface area contributed by atoms with Gasteiger partial charge in [0, 0.05) is 0 Å². The zero-order chi connectivity index (χ0) is 53.5. The Bertz CT molecular complexity index is 3080. The van der Waals surface area contributed by atoms with Crippen LogP contribution >= 0.6 is 0 Å². The summed E-state index contributed by atoms with van der Waals surface area (Å²) in [4.78, 5) is 0. The minimum atomic E-state index is 0.284. The predicted octanol–water partition coefficient (Wildman–Crippen LogP) is 10.7. The fourth-order valence-electron chi connectivity index (χ4n) is 11.3. The van der Waals surface area contributed by atoms with Gasteiger partial charge >= 0.3 is 0 Å². The van der Waals surface area contributed by atoms with Crippen molar-refractivity contribution in [2.45, 2.75) is 0 Å². The third-order valence-electron chi connectivity index (χ3n) is 14.8. The molecule has 0 aliphatic carbocycles. The molecule has 0 saturated carbocycles. The molecule has 12 aromatic rings. The topological polar surface area (TPSA) is 148 Å². The Morgan fingerprint density at radius 1 is 0.163 bits per heavy atom. The van der Waals surface area contributed by atoms with Crippen LogP contribution in [0.5, 0.6) is 46.0 Å². The second-order valence-corrected chi connectivity index (χ2v) is 19.7. The average molecular weight is 1090 g/mol. The smallest absolute Gasteiger partial charge is 0.161 e. The van der Waals surface area contributed by atoms with Gasteiger partial charge in [0.25, 0.3) is 0 Å². The van der Waals surface area contributed by atoms with Gasteiger partial charge in [0.05, 0.1) is 106 Å². The van der Waals surface area contributed by atoms with Crippen molar-refractivity contribution >= 4 is 86.2 Å². The lowest BCUT2D eigenvalue weighted by molar-refractivity contribution is 0.0224. The fraction of sp³-hybridized carbons (Fsp3) is 0.375.